The molecule has 1 unspecified atom stereocenters. The van der Waals surface area contributed by atoms with Crippen molar-refractivity contribution in [1.82, 2.24) is 4.72 Å². The van der Waals surface area contributed by atoms with Gasteiger partial charge in [0.15, 0.2) is 0 Å². The summed E-state index contributed by atoms with van der Waals surface area (Å²) in [4.78, 5) is 0.375. The lowest BCUT2D eigenvalue weighted by Crippen LogP contribution is -2.33. The Morgan fingerprint density at radius 1 is 1.33 bits per heavy atom. The minimum atomic E-state index is -3.39. The van der Waals surface area contributed by atoms with Gasteiger partial charge in [0.05, 0.1) is 4.90 Å². The molecule has 0 heterocycles. The topological polar surface area (TPSA) is 46.2 Å². The monoisotopic (exact) mass is 287 g/mol. The van der Waals surface area contributed by atoms with Crippen LogP contribution in [0.4, 0.5) is 0 Å². The second-order valence-electron chi connectivity index (χ2n) is 4.27. The molecule has 3 nitrogen and oxygen atoms in total. The zero-order chi connectivity index (χ0) is 13.6. The first-order valence-electron chi connectivity index (χ1n) is 6.13. The first-order chi connectivity index (χ1) is 8.47. The van der Waals surface area contributed by atoms with E-state index in [1.54, 1.807) is 12.1 Å². The number of hydrogen-bond donors (Lipinski definition) is 1. The smallest absolute Gasteiger partial charge is 0.208 e. The van der Waals surface area contributed by atoms with E-state index in [2.05, 4.69) is 11.6 Å². The summed E-state index contributed by atoms with van der Waals surface area (Å²) in [6, 6.07) is 7.01. The second-order valence-corrected chi connectivity index (χ2v) is 7.35. The van der Waals surface area contributed by atoms with Crippen molar-refractivity contribution in [2.75, 3.05) is 11.5 Å². The zero-order valence-electron chi connectivity index (χ0n) is 11.1. The number of aryl methyl sites for hydroxylation is 1. The molecule has 0 radical (unpaired) electrons. The fourth-order valence-corrected chi connectivity index (χ4v) is 3.98. The van der Waals surface area contributed by atoms with Crippen LogP contribution >= 0.6 is 11.8 Å². The quantitative estimate of drug-likeness (QED) is 0.784. The van der Waals surface area contributed by atoms with E-state index < -0.39 is 10.0 Å². The zero-order valence-corrected chi connectivity index (χ0v) is 12.8. The Morgan fingerprint density at radius 2 is 2.00 bits per heavy atom. The summed E-state index contributed by atoms with van der Waals surface area (Å²) in [6.07, 6.45) is 0.851. The first kappa shape index (κ1) is 15.5. The fourth-order valence-electron chi connectivity index (χ4n) is 1.65. The molecule has 5 heteroatoms. The van der Waals surface area contributed by atoms with Crippen molar-refractivity contribution in [2.24, 2.45) is 0 Å². The lowest BCUT2D eigenvalue weighted by atomic mass is 10.2. The molecule has 18 heavy (non-hydrogen) atoms. The van der Waals surface area contributed by atoms with E-state index in [1.807, 2.05) is 37.7 Å². The molecule has 0 aliphatic rings. The summed E-state index contributed by atoms with van der Waals surface area (Å²) >= 11 is 1.83. The molecule has 0 amide bonds. The molecular weight excluding hydrogens is 266 g/mol. The van der Waals surface area contributed by atoms with Crippen molar-refractivity contribution < 1.29 is 8.42 Å². The van der Waals surface area contributed by atoms with Crippen LogP contribution in [-0.2, 0) is 10.0 Å². The van der Waals surface area contributed by atoms with Gasteiger partial charge in [-0.1, -0.05) is 25.1 Å². The van der Waals surface area contributed by atoms with Crippen LogP contribution in [0, 0.1) is 6.92 Å². The van der Waals surface area contributed by atoms with E-state index in [0.717, 1.165) is 23.5 Å². The molecular formula is C13H21NO2S2. The molecule has 102 valence electrons. The molecule has 0 aliphatic carbocycles. The molecule has 1 rings (SSSR count). The Morgan fingerprint density at radius 3 is 2.61 bits per heavy atom. The van der Waals surface area contributed by atoms with Crippen molar-refractivity contribution in [1.29, 1.82) is 0 Å². The van der Waals surface area contributed by atoms with Gasteiger partial charge in [0.2, 0.25) is 10.0 Å². The summed E-state index contributed by atoms with van der Waals surface area (Å²) in [6.45, 7) is 5.82. The van der Waals surface area contributed by atoms with Crippen LogP contribution in [0.15, 0.2) is 29.2 Å². The van der Waals surface area contributed by atoms with Gasteiger partial charge in [0.1, 0.15) is 0 Å². The number of rotatable bonds is 7. The average Bonchev–Trinajstić information content (AvgIpc) is 2.29. The van der Waals surface area contributed by atoms with Crippen LogP contribution in [-0.4, -0.2) is 26.0 Å². The molecule has 0 fully saturated rings. The normalized spacial score (nSPS) is 13.5. The van der Waals surface area contributed by atoms with Crippen molar-refractivity contribution in [3.8, 4) is 0 Å². The van der Waals surface area contributed by atoms with Gasteiger partial charge in [-0.3, -0.25) is 0 Å². The number of hydrogen-bond acceptors (Lipinski definition) is 3. The highest BCUT2D eigenvalue weighted by molar-refractivity contribution is 7.99. The third-order valence-corrected chi connectivity index (χ3v) is 5.32. The summed E-state index contributed by atoms with van der Waals surface area (Å²) in [5, 5.41) is 0. The number of benzene rings is 1. The molecule has 1 N–H and O–H groups in total. The number of nitrogens with one attached hydrogen (secondary N) is 1. The maximum absolute atomic E-state index is 12.2. The maximum atomic E-state index is 12.2. The highest BCUT2D eigenvalue weighted by Gasteiger charge is 2.18. The van der Waals surface area contributed by atoms with Crippen LogP contribution in [0.1, 0.15) is 25.8 Å². The predicted molar refractivity (Wildman–Crippen MR) is 78.6 cm³/mol. The van der Waals surface area contributed by atoms with Crippen molar-refractivity contribution in [3.63, 3.8) is 0 Å². The molecule has 0 aromatic heterocycles. The van der Waals surface area contributed by atoms with Gasteiger partial charge in [-0.05, 0) is 43.4 Å². The maximum Gasteiger partial charge on any atom is 0.241 e. The Bertz CT molecular complexity index is 472. The van der Waals surface area contributed by atoms with E-state index in [0.29, 0.717) is 4.90 Å². The van der Waals surface area contributed by atoms with Gasteiger partial charge >= 0.3 is 0 Å². The molecule has 0 aliphatic heterocycles. The van der Waals surface area contributed by atoms with E-state index in [-0.39, 0.29) is 6.04 Å². The van der Waals surface area contributed by atoms with Crippen LogP contribution < -0.4 is 4.72 Å². The number of sulfonamides is 1. The van der Waals surface area contributed by atoms with Crippen molar-refractivity contribution in [2.45, 2.75) is 38.1 Å². The Balaban J connectivity index is 2.68. The molecule has 0 spiro atoms. The van der Waals surface area contributed by atoms with Gasteiger partial charge in [-0.2, -0.15) is 11.8 Å². The predicted octanol–water partition coefficient (Wildman–Crippen LogP) is 2.81. The highest BCUT2D eigenvalue weighted by Crippen LogP contribution is 2.15. The van der Waals surface area contributed by atoms with Crippen molar-refractivity contribution in [3.05, 3.63) is 29.8 Å². The molecule has 1 aromatic carbocycles. The third kappa shape index (κ3) is 4.63. The Hall–Kier alpha value is -0.520. The minimum Gasteiger partial charge on any atom is -0.208 e. The Labute approximate surface area is 114 Å². The van der Waals surface area contributed by atoms with E-state index >= 15 is 0 Å². The summed E-state index contributed by atoms with van der Waals surface area (Å²) in [5.74, 6) is 2.05. The lowest BCUT2D eigenvalue weighted by molar-refractivity contribution is 0.556. The Kier molecular flexibility index (Phi) is 6.18. The van der Waals surface area contributed by atoms with E-state index in [1.165, 1.54) is 0 Å². The van der Waals surface area contributed by atoms with Gasteiger partial charge in [-0.15, -0.1) is 0 Å². The van der Waals surface area contributed by atoms with Crippen LogP contribution in [0.2, 0.25) is 0 Å². The van der Waals surface area contributed by atoms with Crippen LogP contribution in [0.3, 0.4) is 0 Å². The van der Waals surface area contributed by atoms with E-state index in [9.17, 15) is 8.42 Å². The SMILES string of the molecule is CCSCCC(C)NS(=O)(=O)c1ccccc1C. The van der Waals surface area contributed by atoms with E-state index in [4.69, 9.17) is 0 Å². The lowest BCUT2D eigenvalue weighted by Gasteiger charge is -2.15. The van der Waals surface area contributed by atoms with Crippen LogP contribution in [0.25, 0.3) is 0 Å². The van der Waals surface area contributed by atoms with Gasteiger partial charge in [-0.25, -0.2) is 13.1 Å². The summed E-state index contributed by atoms with van der Waals surface area (Å²) in [7, 11) is -3.39. The largest absolute Gasteiger partial charge is 0.241 e. The summed E-state index contributed by atoms with van der Waals surface area (Å²) < 4.78 is 27.1. The van der Waals surface area contributed by atoms with Crippen LogP contribution in [0.5, 0.6) is 0 Å². The first-order valence-corrected chi connectivity index (χ1v) is 8.77. The molecule has 1 aromatic rings. The third-order valence-electron chi connectivity index (χ3n) is 2.64. The fraction of sp³-hybridized carbons (Fsp3) is 0.538. The molecule has 1 atom stereocenters. The molecule has 0 bridgehead atoms. The van der Waals surface area contributed by atoms with Gasteiger partial charge < -0.3 is 0 Å². The molecule has 0 saturated carbocycles. The molecule has 0 saturated heterocycles. The van der Waals surface area contributed by atoms with Gasteiger partial charge in [0.25, 0.3) is 0 Å². The average molecular weight is 287 g/mol. The van der Waals surface area contributed by atoms with Crippen molar-refractivity contribution >= 4 is 21.8 Å². The summed E-state index contributed by atoms with van der Waals surface area (Å²) in [5.41, 5.74) is 0.778. The second kappa shape index (κ2) is 7.16. The minimum absolute atomic E-state index is 0.0337. The number of thioether (sulfide) groups is 1. The van der Waals surface area contributed by atoms with Gasteiger partial charge in [0, 0.05) is 6.04 Å². The highest BCUT2D eigenvalue weighted by atomic mass is 32.2. The standard InChI is InChI=1S/C13H21NO2S2/c1-4-17-10-9-12(3)14-18(15,16)13-8-6-5-7-11(13)2/h5-8,12,14H,4,9-10H2,1-3H3.